The first-order valence-electron chi connectivity index (χ1n) is 11.5. The molecule has 0 aliphatic rings. The van der Waals surface area contributed by atoms with Crippen molar-refractivity contribution in [1.29, 1.82) is 0 Å². The third-order valence-electron chi connectivity index (χ3n) is 5.64. The summed E-state index contributed by atoms with van der Waals surface area (Å²) in [6.45, 7) is 8.50. The molecule has 0 aliphatic heterocycles. The quantitative estimate of drug-likeness (QED) is 0.364. The van der Waals surface area contributed by atoms with E-state index in [1.165, 1.54) is 18.0 Å². The van der Waals surface area contributed by atoms with Gasteiger partial charge in [-0.15, -0.1) is 29.9 Å². The first-order valence-corrected chi connectivity index (χ1v) is 11.5. The molecule has 1 amide bonds. The molecular formula is C26H35Cl2N5O4. The van der Waals surface area contributed by atoms with E-state index in [1.54, 1.807) is 0 Å². The van der Waals surface area contributed by atoms with Gasteiger partial charge in [0, 0.05) is 29.7 Å². The van der Waals surface area contributed by atoms with E-state index in [0.717, 1.165) is 45.6 Å². The fourth-order valence-electron chi connectivity index (χ4n) is 4.01. The highest BCUT2D eigenvalue weighted by atomic mass is 35.5. The summed E-state index contributed by atoms with van der Waals surface area (Å²) in [6, 6.07) is 8.23. The van der Waals surface area contributed by atoms with Crippen LogP contribution in [0.25, 0.3) is 11.1 Å². The van der Waals surface area contributed by atoms with Crippen molar-refractivity contribution >= 4 is 36.7 Å². The summed E-state index contributed by atoms with van der Waals surface area (Å²) in [7, 11) is 1.27. The molecule has 0 radical (unpaired) electrons. The summed E-state index contributed by atoms with van der Waals surface area (Å²) in [4.78, 5) is 28.5. The molecule has 4 N–H and O–H groups in total. The number of rotatable bonds is 10. The molecule has 0 saturated heterocycles. The zero-order chi connectivity index (χ0) is 25.7. The van der Waals surface area contributed by atoms with Gasteiger partial charge >= 0.3 is 5.97 Å². The topological polar surface area (TPSA) is 135 Å². The SMILES string of the molecule is COC(=O)c1cn(CC(N)=O)nc1OCc1c(C)nc(CC(C)C)c(CN)c1-c1ccc(C)cc1.Cl.Cl. The number of nitrogens with zero attached hydrogens (tertiary/aromatic N) is 3. The second kappa shape index (κ2) is 14.0. The summed E-state index contributed by atoms with van der Waals surface area (Å²) >= 11 is 0. The van der Waals surface area contributed by atoms with Crippen molar-refractivity contribution < 1.29 is 19.1 Å². The number of methoxy groups -OCH3 is 1. The van der Waals surface area contributed by atoms with Crippen molar-refractivity contribution in [2.24, 2.45) is 17.4 Å². The Labute approximate surface area is 229 Å². The van der Waals surface area contributed by atoms with Crippen LogP contribution in [0.15, 0.2) is 30.5 Å². The van der Waals surface area contributed by atoms with Gasteiger partial charge in [-0.2, -0.15) is 0 Å². The Hall–Kier alpha value is -3.14. The van der Waals surface area contributed by atoms with Crippen LogP contribution in [0.2, 0.25) is 0 Å². The highest BCUT2D eigenvalue weighted by molar-refractivity contribution is 5.91. The van der Waals surface area contributed by atoms with E-state index in [0.29, 0.717) is 12.5 Å². The molecule has 0 fully saturated rings. The van der Waals surface area contributed by atoms with Crippen LogP contribution in [0.4, 0.5) is 0 Å². The molecule has 202 valence electrons. The molecule has 11 heteroatoms. The number of amides is 1. The number of nitrogens with two attached hydrogens (primary N) is 2. The summed E-state index contributed by atoms with van der Waals surface area (Å²) in [5, 5.41) is 4.23. The number of carbonyl (C=O) groups excluding carboxylic acids is 2. The van der Waals surface area contributed by atoms with Gasteiger partial charge in [-0.1, -0.05) is 43.7 Å². The first-order chi connectivity index (χ1) is 16.6. The molecule has 2 heterocycles. The predicted molar refractivity (Wildman–Crippen MR) is 147 cm³/mol. The van der Waals surface area contributed by atoms with Crippen molar-refractivity contribution in [3.05, 3.63) is 64.1 Å². The maximum atomic E-state index is 12.3. The van der Waals surface area contributed by atoms with E-state index >= 15 is 0 Å². The number of hydrogen-bond donors (Lipinski definition) is 2. The summed E-state index contributed by atoms with van der Waals surface area (Å²) < 4.78 is 12.1. The number of aryl methyl sites for hydroxylation is 2. The van der Waals surface area contributed by atoms with E-state index < -0.39 is 11.9 Å². The molecule has 2 aromatic heterocycles. The van der Waals surface area contributed by atoms with E-state index in [-0.39, 0.29) is 49.4 Å². The molecule has 37 heavy (non-hydrogen) atoms. The number of aromatic nitrogens is 3. The van der Waals surface area contributed by atoms with Gasteiger partial charge in [0.2, 0.25) is 11.8 Å². The lowest BCUT2D eigenvalue weighted by atomic mass is 9.90. The number of carbonyl (C=O) groups is 2. The molecular weight excluding hydrogens is 517 g/mol. The van der Waals surface area contributed by atoms with Crippen LogP contribution in [0.5, 0.6) is 5.88 Å². The largest absolute Gasteiger partial charge is 0.471 e. The molecule has 0 aliphatic carbocycles. The van der Waals surface area contributed by atoms with Crippen molar-refractivity contribution in [3.8, 4) is 17.0 Å². The number of halogens is 2. The Kier molecular flexibility index (Phi) is 12.0. The smallest absolute Gasteiger partial charge is 0.345 e. The third kappa shape index (κ3) is 7.67. The zero-order valence-corrected chi connectivity index (χ0v) is 23.4. The van der Waals surface area contributed by atoms with Gasteiger partial charge < -0.3 is 20.9 Å². The minimum atomic E-state index is -0.626. The summed E-state index contributed by atoms with van der Waals surface area (Å²) in [5.41, 5.74) is 18.4. The van der Waals surface area contributed by atoms with Crippen molar-refractivity contribution in [1.82, 2.24) is 14.8 Å². The minimum absolute atomic E-state index is 0. The maximum Gasteiger partial charge on any atom is 0.345 e. The van der Waals surface area contributed by atoms with E-state index in [1.807, 2.05) is 13.8 Å². The van der Waals surface area contributed by atoms with E-state index in [4.69, 9.17) is 25.9 Å². The number of benzene rings is 1. The lowest BCUT2D eigenvalue weighted by molar-refractivity contribution is -0.118. The molecule has 0 spiro atoms. The van der Waals surface area contributed by atoms with E-state index in [9.17, 15) is 9.59 Å². The number of primary amides is 1. The van der Waals surface area contributed by atoms with Crippen molar-refractivity contribution in [2.45, 2.75) is 53.8 Å². The summed E-state index contributed by atoms with van der Waals surface area (Å²) in [6.07, 6.45) is 2.19. The van der Waals surface area contributed by atoms with E-state index in [2.05, 4.69) is 43.2 Å². The fraction of sp³-hybridized carbons (Fsp3) is 0.385. The van der Waals surface area contributed by atoms with Gasteiger partial charge in [-0.05, 0) is 42.9 Å². The number of pyridine rings is 1. The Bertz CT molecular complexity index is 1230. The van der Waals surface area contributed by atoms with Gasteiger partial charge in [-0.25, -0.2) is 4.79 Å². The average molecular weight is 553 g/mol. The van der Waals surface area contributed by atoms with Gasteiger partial charge in [0.1, 0.15) is 18.7 Å². The highest BCUT2D eigenvalue weighted by Crippen LogP contribution is 2.33. The Balaban J connectivity index is 0.00000342. The van der Waals surface area contributed by atoms with Crippen LogP contribution in [-0.2, 0) is 35.6 Å². The van der Waals surface area contributed by atoms with Crippen LogP contribution in [0.3, 0.4) is 0 Å². The van der Waals surface area contributed by atoms with Crippen molar-refractivity contribution in [3.63, 3.8) is 0 Å². The molecule has 0 saturated carbocycles. The standard InChI is InChI=1S/C26H33N5O4.2ClH/c1-15(2)10-22-19(11-27)24(18-8-6-16(3)7-9-18)21(17(4)29-22)14-35-25-20(26(33)34-5)12-31(30-25)13-23(28)32;;/h6-9,12,15H,10-11,13-14,27H2,1-5H3,(H2,28,32);2*1H. The number of esters is 1. The third-order valence-corrected chi connectivity index (χ3v) is 5.64. The normalized spacial score (nSPS) is 10.5. The monoisotopic (exact) mass is 551 g/mol. The van der Waals surface area contributed by atoms with Crippen molar-refractivity contribution in [2.75, 3.05) is 7.11 Å². The van der Waals surface area contributed by atoms with Gasteiger partial charge in [0.15, 0.2) is 0 Å². The highest BCUT2D eigenvalue weighted by Gasteiger charge is 2.23. The van der Waals surface area contributed by atoms with Gasteiger partial charge in [0.05, 0.1) is 7.11 Å². The minimum Gasteiger partial charge on any atom is -0.471 e. The van der Waals surface area contributed by atoms with Crippen LogP contribution in [0.1, 0.15) is 52.3 Å². The van der Waals surface area contributed by atoms with Gasteiger partial charge in [0.25, 0.3) is 0 Å². The average Bonchev–Trinajstić information content (AvgIpc) is 3.19. The Morgan fingerprint density at radius 1 is 1.08 bits per heavy atom. The molecule has 1 aromatic carbocycles. The second-order valence-corrected chi connectivity index (χ2v) is 8.94. The predicted octanol–water partition coefficient (Wildman–Crippen LogP) is 3.91. The summed E-state index contributed by atoms with van der Waals surface area (Å²) in [5.74, 6) is -0.755. The Morgan fingerprint density at radius 2 is 1.73 bits per heavy atom. The van der Waals surface area contributed by atoms with Crippen LogP contribution in [0, 0.1) is 19.8 Å². The molecule has 3 rings (SSSR count). The molecule has 0 atom stereocenters. The molecule has 0 bridgehead atoms. The Morgan fingerprint density at radius 3 is 2.27 bits per heavy atom. The lowest BCUT2D eigenvalue weighted by Crippen LogP contribution is -2.19. The molecule has 3 aromatic rings. The fourth-order valence-corrected chi connectivity index (χ4v) is 4.01. The second-order valence-electron chi connectivity index (χ2n) is 8.94. The van der Waals surface area contributed by atoms with Crippen LogP contribution in [-0.4, -0.2) is 33.8 Å². The number of hydrogen-bond acceptors (Lipinski definition) is 7. The van der Waals surface area contributed by atoms with Gasteiger partial charge in [-0.3, -0.25) is 14.5 Å². The number of ether oxygens (including phenoxy) is 2. The molecule has 0 unspecified atom stereocenters. The lowest BCUT2D eigenvalue weighted by Gasteiger charge is -2.21. The first kappa shape index (κ1) is 31.9. The zero-order valence-electron chi connectivity index (χ0n) is 21.7. The maximum absolute atomic E-state index is 12.3. The molecule has 9 nitrogen and oxygen atoms in total. The van der Waals surface area contributed by atoms with Crippen LogP contribution < -0.4 is 16.2 Å². The van der Waals surface area contributed by atoms with Crippen LogP contribution >= 0.6 is 24.8 Å².